The minimum absolute atomic E-state index is 0.0411. The lowest BCUT2D eigenvalue weighted by molar-refractivity contribution is 0.634. The molecule has 1 aromatic carbocycles. The van der Waals surface area contributed by atoms with Crippen molar-refractivity contribution in [2.45, 2.75) is 13.0 Å². The first-order valence-corrected chi connectivity index (χ1v) is 6.14. The molecular formula is C13H14BrN3. The van der Waals surface area contributed by atoms with Crippen LogP contribution in [0.25, 0.3) is 0 Å². The van der Waals surface area contributed by atoms with Gasteiger partial charge in [0.05, 0.1) is 6.04 Å². The van der Waals surface area contributed by atoms with Crippen LogP contribution in [0.2, 0.25) is 0 Å². The van der Waals surface area contributed by atoms with Crippen molar-refractivity contribution in [2.24, 2.45) is 5.84 Å². The molecule has 1 aromatic heterocycles. The first-order chi connectivity index (χ1) is 8.22. The molecule has 0 aliphatic carbocycles. The van der Waals surface area contributed by atoms with Crippen LogP contribution in [0.15, 0.2) is 47.2 Å². The number of rotatable bonds is 3. The topological polar surface area (TPSA) is 50.9 Å². The molecule has 1 heterocycles. The zero-order valence-corrected chi connectivity index (χ0v) is 11.1. The Labute approximate surface area is 109 Å². The van der Waals surface area contributed by atoms with Gasteiger partial charge in [0.1, 0.15) is 0 Å². The fourth-order valence-corrected chi connectivity index (χ4v) is 2.12. The molecule has 4 heteroatoms. The molecule has 88 valence electrons. The summed E-state index contributed by atoms with van der Waals surface area (Å²) in [5, 5.41) is 0. The van der Waals surface area contributed by atoms with Crippen LogP contribution in [0.3, 0.4) is 0 Å². The molecule has 3 nitrogen and oxygen atoms in total. The molecule has 0 saturated carbocycles. The zero-order chi connectivity index (χ0) is 12.3. The summed E-state index contributed by atoms with van der Waals surface area (Å²) in [5.41, 5.74) is 6.18. The van der Waals surface area contributed by atoms with Crippen LogP contribution in [0, 0.1) is 6.92 Å². The van der Waals surface area contributed by atoms with Crippen LogP contribution in [0.5, 0.6) is 0 Å². The van der Waals surface area contributed by atoms with Crippen molar-refractivity contribution >= 4 is 15.9 Å². The molecule has 2 rings (SSSR count). The average Bonchev–Trinajstić information content (AvgIpc) is 2.36. The maximum Gasteiger partial charge on any atom is 0.0725 e. The third kappa shape index (κ3) is 2.72. The highest BCUT2D eigenvalue weighted by Gasteiger charge is 2.12. The van der Waals surface area contributed by atoms with E-state index in [-0.39, 0.29) is 6.04 Å². The molecule has 0 saturated heterocycles. The van der Waals surface area contributed by atoms with E-state index in [1.807, 2.05) is 18.3 Å². The summed E-state index contributed by atoms with van der Waals surface area (Å²) in [6, 6.07) is 10.1. The highest BCUT2D eigenvalue weighted by Crippen LogP contribution is 2.25. The van der Waals surface area contributed by atoms with Crippen molar-refractivity contribution in [2.75, 3.05) is 0 Å². The molecule has 17 heavy (non-hydrogen) atoms. The predicted molar refractivity (Wildman–Crippen MR) is 72.3 cm³/mol. The van der Waals surface area contributed by atoms with Gasteiger partial charge in [0, 0.05) is 16.9 Å². The molecule has 0 fully saturated rings. The van der Waals surface area contributed by atoms with E-state index < -0.39 is 0 Å². The lowest BCUT2D eigenvalue weighted by Crippen LogP contribution is -2.28. The zero-order valence-electron chi connectivity index (χ0n) is 9.52. The van der Waals surface area contributed by atoms with Crippen LogP contribution in [-0.4, -0.2) is 4.98 Å². The van der Waals surface area contributed by atoms with Crippen LogP contribution in [0.4, 0.5) is 0 Å². The second kappa shape index (κ2) is 5.40. The third-order valence-corrected chi connectivity index (χ3v) is 3.57. The highest BCUT2D eigenvalue weighted by molar-refractivity contribution is 9.10. The maximum atomic E-state index is 5.63. The molecule has 0 amide bonds. The van der Waals surface area contributed by atoms with Crippen LogP contribution >= 0.6 is 15.9 Å². The summed E-state index contributed by atoms with van der Waals surface area (Å²) in [6.07, 6.45) is 3.57. The monoisotopic (exact) mass is 291 g/mol. The summed E-state index contributed by atoms with van der Waals surface area (Å²) in [7, 11) is 0. The number of pyridine rings is 1. The Kier molecular flexibility index (Phi) is 3.89. The maximum absolute atomic E-state index is 5.63. The highest BCUT2D eigenvalue weighted by atomic mass is 79.9. The number of nitrogens with one attached hydrogen (secondary N) is 1. The van der Waals surface area contributed by atoms with Gasteiger partial charge in [-0.05, 0) is 35.7 Å². The van der Waals surface area contributed by atoms with Gasteiger partial charge < -0.3 is 0 Å². The number of nitrogens with two attached hydrogens (primary N) is 1. The number of aromatic nitrogens is 1. The fraction of sp³-hybridized carbons (Fsp3) is 0.154. The number of halogens is 1. The van der Waals surface area contributed by atoms with E-state index in [9.17, 15) is 0 Å². The lowest BCUT2D eigenvalue weighted by Gasteiger charge is -2.17. The van der Waals surface area contributed by atoms with Crippen LogP contribution in [0.1, 0.15) is 22.7 Å². The second-order valence-corrected chi connectivity index (χ2v) is 4.75. The SMILES string of the molecule is Cc1ccc(C(NN)c2cccnc2)cc1Br. The molecule has 0 aliphatic heterocycles. The van der Waals surface area contributed by atoms with Gasteiger partial charge in [-0.15, -0.1) is 0 Å². The third-order valence-electron chi connectivity index (χ3n) is 2.71. The second-order valence-electron chi connectivity index (χ2n) is 3.89. The molecule has 0 spiro atoms. The molecule has 2 aromatic rings. The Hall–Kier alpha value is -1.23. The summed E-state index contributed by atoms with van der Waals surface area (Å²) in [4.78, 5) is 4.11. The predicted octanol–water partition coefficient (Wildman–Crippen LogP) is 2.71. The number of nitrogens with zero attached hydrogens (tertiary/aromatic N) is 1. The Balaban J connectivity index is 2.39. The number of hydrogen-bond acceptors (Lipinski definition) is 3. The Morgan fingerprint density at radius 2 is 2.12 bits per heavy atom. The van der Waals surface area contributed by atoms with Gasteiger partial charge in [-0.1, -0.05) is 34.1 Å². The quantitative estimate of drug-likeness (QED) is 0.675. The summed E-state index contributed by atoms with van der Waals surface area (Å²) in [6.45, 7) is 2.06. The van der Waals surface area contributed by atoms with Crippen molar-refractivity contribution in [3.63, 3.8) is 0 Å². The minimum atomic E-state index is -0.0411. The Bertz CT molecular complexity index is 499. The van der Waals surface area contributed by atoms with Gasteiger partial charge in [0.25, 0.3) is 0 Å². The van der Waals surface area contributed by atoms with E-state index >= 15 is 0 Å². The molecular weight excluding hydrogens is 278 g/mol. The van der Waals surface area contributed by atoms with Gasteiger partial charge in [-0.25, -0.2) is 5.43 Å². The molecule has 0 bridgehead atoms. The van der Waals surface area contributed by atoms with E-state index in [4.69, 9.17) is 5.84 Å². The fourth-order valence-electron chi connectivity index (χ4n) is 1.72. The smallest absolute Gasteiger partial charge is 0.0725 e. The van der Waals surface area contributed by atoms with Crippen LogP contribution < -0.4 is 11.3 Å². The van der Waals surface area contributed by atoms with Crippen molar-refractivity contribution in [3.05, 3.63) is 63.9 Å². The molecule has 1 unspecified atom stereocenters. The van der Waals surface area contributed by atoms with Gasteiger partial charge in [0.15, 0.2) is 0 Å². The molecule has 0 aliphatic rings. The standard InChI is InChI=1S/C13H14BrN3/c1-9-4-5-10(7-12(9)14)13(17-15)11-3-2-6-16-8-11/h2-8,13,17H,15H2,1H3. The molecule has 1 atom stereocenters. The van der Waals surface area contributed by atoms with E-state index in [2.05, 4.69) is 51.5 Å². The first kappa shape index (κ1) is 12.2. The largest absolute Gasteiger partial charge is 0.271 e. The van der Waals surface area contributed by atoms with Gasteiger partial charge in [-0.2, -0.15) is 0 Å². The summed E-state index contributed by atoms with van der Waals surface area (Å²) >= 11 is 3.53. The number of hydrogen-bond donors (Lipinski definition) is 2. The van der Waals surface area contributed by atoms with Crippen molar-refractivity contribution in [1.82, 2.24) is 10.4 Å². The Morgan fingerprint density at radius 1 is 1.29 bits per heavy atom. The van der Waals surface area contributed by atoms with E-state index in [0.717, 1.165) is 15.6 Å². The van der Waals surface area contributed by atoms with Gasteiger partial charge in [0.2, 0.25) is 0 Å². The average molecular weight is 292 g/mol. The van der Waals surface area contributed by atoms with E-state index in [1.54, 1.807) is 6.20 Å². The van der Waals surface area contributed by atoms with E-state index in [1.165, 1.54) is 5.56 Å². The normalized spacial score (nSPS) is 12.4. The molecule has 3 N–H and O–H groups in total. The summed E-state index contributed by atoms with van der Waals surface area (Å²) < 4.78 is 1.08. The summed E-state index contributed by atoms with van der Waals surface area (Å²) in [5.74, 6) is 5.63. The van der Waals surface area contributed by atoms with Crippen molar-refractivity contribution in [3.8, 4) is 0 Å². The lowest BCUT2D eigenvalue weighted by atomic mass is 10.00. The van der Waals surface area contributed by atoms with Crippen molar-refractivity contribution in [1.29, 1.82) is 0 Å². The Morgan fingerprint density at radius 3 is 2.71 bits per heavy atom. The van der Waals surface area contributed by atoms with E-state index in [0.29, 0.717) is 0 Å². The number of aryl methyl sites for hydroxylation is 1. The molecule has 0 radical (unpaired) electrons. The van der Waals surface area contributed by atoms with Crippen molar-refractivity contribution < 1.29 is 0 Å². The number of hydrazine groups is 1. The number of benzene rings is 1. The van der Waals surface area contributed by atoms with Gasteiger partial charge >= 0.3 is 0 Å². The van der Waals surface area contributed by atoms with Crippen LogP contribution in [-0.2, 0) is 0 Å². The first-order valence-electron chi connectivity index (χ1n) is 5.34. The van der Waals surface area contributed by atoms with Gasteiger partial charge in [-0.3, -0.25) is 10.8 Å². The minimum Gasteiger partial charge on any atom is -0.271 e.